The Labute approximate surface area is 158 Å². The van der Waals surface area contributed by atoms with Gasteiger partial charge in [-0.05, 0) is 44.6 Å². The van der Waals surface area contributed by atoms with E-state index in [-0.39, 0.29) is 23.2 Å². The highest BCUT2D eigenvalue weighted by molar-refractivity contribution is 5.98. The highest BCUT2D eigenvalue weighted by Crippen LogP contribution is 2.30. The number of nitro benzene ring substituents is 1. The smallest absolute Gasteiger partial charge is 0.341 e. The number of carbonyl (C=O) groups is 2. The van der Waals surface area contributed by atoms with E-state index in [2.05, 4.69) is 17.1 Å². The Morgan fingerprint density at radius 1 is 1.26 bits per heavy atom. The predicted molar refractivity (Wildman–Crippen MR) is 99.7 cm³/mol. The van der Waals surface area contributed by atoms with Crippen LogP contribution in [0.3, 0.4) is 0 Å². The standard InChI is InChI=1S/C19H25N3O5/c1-12-7-9-21(10-8-12)17-6-5-15(22(25)26)11-16(17)19(24)27-13(2)18(23)20-14-3-4-14/h5-6,11-14H,3-4,7-10H2,1-2H3,(H,20,23)/t13-/m1/s1. The van der Waals surface area contributed by atoms with Gasteiger partial charge in [0.25, 0.3) is 11.6 Å². The number of benzene rings is 1. The van der Waals surface area contributed by atoms with Crippen molar-refractivity contribution in [1.29, 1.82) is 0 Å². The third-order valence-electron chi connectivity index (χ3n) is 5.11. The van der Waals surface area contributed by atoms with Gasteiger partial charge in [-0.1, -0.05) is 6.92 Å². The molecule has 1 aliphatic carbocycles. The summed E-state index contributed by atoms with van der Waals surface area (Å²) in [5.41, 5.74) is 0.572. The maximum Gasteiger partial charge on any atom is 0.341 e. The molecule has 0 radical (unpaired) electrons. The minimum atomic E-state index is -0.952. The van der Waals surface area contributed by atoms with Crippen LogP contribution < -0.4 is 10.2 Å². The zero-order valence-electron chi connectivity index (χ0n) is 15.6. The molecule has 1 aromatic carbocycles. The number of hydrogen-bond acceptors (Lipinski definition) is 6. The summed E-state index contributed by atoms with van der Waals surface area (Å²) < 4.78 is 5.31. The molecule has 3 rings (SSSR count). The van der Waals surface area contributed by atoms with Crippen molar-refractivity contribution in [2.24, 2.45) is 5.92 Å². The number of carbonyl (C=O) groups excluding carboxylic acids is 2. The van der Waals surface area contributed by atoms with Gasteiger partial charge in [-0.3, -0.25) is 14.9 Å². The lowest BCUT2D eigenvalue weighted by molar-refractivity contribution is -0.384. The van der Waals surface area contributed by atoms with Crippen LogP contribution in [0.4, 0.5) is 11.4 Å². The first-order chi connectivity index (χ1) is 12.8. The molecule has 1 amide bonds. The summed E-state index contributed by atoms with van der Waals surface area (Å²) in [7, 11) is 0. The fourth-order valence-corrected chi connectivity index (χ4v) is 3.15. The number of ether oxygens (including phenoxy) is 1. The number of amides is 1. The van der Waals surface area contributed by atoms with Crippen LogP contribution in [0.1, 0.15) is 49.9 Å². The van der Waals surface area contributed by atoms with E-state index in [0.717, 1.165) is 38.8 Å². The van der Waals surface area contributed by atoms with Crippen LogP contribution in [-0.2, 0) is 9.53 Å². The molecule has 146 valence electrons. The van der Waals surface area contributed by atoms with E-state index in [1.54, 1.807) is 6.07 Å². The van der Waals surface area contributed by atoms with E-state index in [9.17, 15) is 19.7 Å². The third kappa shape index (κ3) is 4.75. The van der Waals surface area contributed by atoms with Gasteiger partial charge in [0.15, 0.2) is 6.10 Å². The number of rotatable bonds is 6. The molecule has 2 fully saturated rings. The first-order valence-corrected chi connectivity index (χ1v) is 9.40. The van der Waals surface area contributed by atoms with Crippen LogP contribution in [0.2, 0.25) is 0 Å². The highest BCUT2D eigenvalue weighted by atomic mass is 16.6. The van der Waals surface area contributed by atoms with Crippen molar-refractivity contribution in [3.05, 3.63) is 33.9 Å². The largest absolute Gasteiger partial charge is 0.449 e. The van der Waals surface area contributed by atoms with Gasteiger partial charge >= 0.3 is 5.97 Å². The van der Waals surface area contributed by atoms with E-state index < -0.39 is 17.0 Å². The minimum Gasteiger partial charge on any atom is -0.449 e. The van der Waals surface area contributed by atoms with Crippen LogP contribution in [0.25, 0.3) is 0 Å². The molecule has 0 unspecified atom stereocenters. The summed E-state index contributed by atoms with van der Waals surface area (Å²) in [6.45, 7) is 5.24. The van der Waals surface area contributed by atoms with Crippen molar-refractivity contribution in [1.82, 2.24) is 5.32 Å². The predicted octanol–water partition coefficient (Wildman–Crippen LogP) is 2.66. The molecule has 1 heterocycles. The van der Waals surface area contributed by atoms with Crippen LogP contribution in [0, 0.1) is 16.0 Å². The molecule has 0 spiro atoms. The number of esters is 1. The average molecular weight is 375 g/mol. The van der Waals surface area contributed by atoms with Crippen molar-refractivity contribution in [2.45, 2.75) is 51.7 Å². The Hall–Kier alpha value is -2.64. The number of anilines is 1. The first-order valence-electron chi connectivity index (χ1n) is 9.40. The number of non-ortho nitro benzene ring substituents is 1. The molecule has 1 saturated heterocycles. The van der Waals surface area contributed by atoms with Gasteiger partial charge in [-0.25, -0.2) is 4.79 Å². The molecule has 8 heteroatoms. The lowest BCUT2D eigenvalue weighted by Gasteiger charge is -2.33. The number of nitro groups is 1. The van der Waals surface area contributed by atoms with E-state index in [1.165, 1.54) is 19.1 Å². The zero-order chi connectivity index (χ0) is 19.6. The summed E-state index contributed by atoms with van der Waals surface area (Å²) in [5, 5.41) is 13.9. The molecule has 0 bridgehead atoms. The monoisotopic (exact) mass is 375 g/mol. The summed E-state index contributed by atoms with van der Waals surface area (Å²) in [4.78, 5) is 37.4. The second-order valence-electron chi connectivity index (χ2n) is 7.46. The fourth-order valence-electron chi connectivity index (χ4n) is 3.15. The second kappa shape index (κ2) is 7.94. The molecule has 1 atom stereocenters. The summed E-state index contributed by atoms with van der Waals surface area (Å²) >= 11 is 0. The van der Waals surface area contributed by atoms with Crippen molar-refractivity contribution in [2.75, 3.05) is 18.0 Å². The zero-order valence-corrected chi connectivity index (χ0v) is 15.6. The number of nitrogens with zero attached hydrogens (tertiary/aromatic N) is 2. The van der Waals surface area contributed by atoms with Gasteiger partial charge in [0.2, 0.25) is 0 Å². The van der Waals surface area contributed by atoms with Gasteiger partial charge in [-0.15, -0.1) is 0 Å². The Morgan fingerprint density at radius 2 is 1.93 bits per heavy atom. The van der Waals surface area contributed by atoms with Gasteiger partial charge in [0, 0.05) is 31.3 Å². The number of hydrogen-bond donors (Lipinski definition) is 1. The van der Waals surface area contributed by atoms with E-state index in [4.69, 9.17) is 4.74 Å². The fraction of sp³-hybridized carbons (Fsp3) is 0.579. The SMILES string of the molecule is CC1CCN(c2ccc([N+](=O)[O-])cc2C(=O)O[C@H](C)C(=O)NC2CC2)CC1. The van der Waals surface area contributed by atoms with Crippen molar-refractivity contribution >= 4 is 23.3 Å². The van der Waals surface area contributed by atoms with Crippen LogP contribution in [0.5, 0.6) is 0 Å². The van der Waals surface area contributed by atoms with Gasteiger partial charge in [0.05, 0.1) is 16.2 Å². The molecule has 1 aromatic rings. The Morgan fingerprint density at radius 3 is 2.52 bits per heavy atom. The number of piperidine rings is 1. The first kappa shape index (κ1) is 19.1. The summed E-state index contributed by atoms with van der Waals surface area (Å²) in [6.07, 6.45) is 2.91. The van der Waals surface area contributed by atoms with Crippen LogP contribution in [0.15, 0.2) is 18.2 Å². The van der Waals surface area contributed by atoms with E-state index >= 15 is 0 Å². The molecule has 1 N–H and O–H groups in total. The maximum atomic E-state index is 12.7. The van der Waals surface area contributed by atoms with Crippen molar-refractivity contribution in [3.8, 4) is 0 Å². The lowest BCUT2D eigenvalue weighted by Crippen LogP contribution is -2.37. The van der Waals surface area contributed by atoms with Gasteiger partial charge in [0.1, 0.15) is 0 Å². The maximum absolute atomic E-state index is 12.7. The second-order valence-corrected chi connectivity index (χ2v) is 7.46. The Balaban J connectivity index is 1.79. The Kier molecular flexibility index (Phi) is 5.62. The van der Waals surface area contributed by atoms with Crippen LogP contribution >= 0.6 is 0 Å². The minimum absolute atomic E-state index is 0.129. The van der Waals surface area contributed by atoms with Gasteiger partial charge < -0.3 is 15.0 Å². The Bertz CT molecular complexity index is 739. The normalized spacial score (nSPS) is 18.7. The van der Waals surface area contributed by atoms with E-state index in [1.807, 2.05) is 0 Å². The molecule has 1 aliphatic heterocycles. The molecule has 1 saturated carbocycles. The molecular formula is C19H25N3O5. The molecule has 27 heavy (non-hydrogen) atoms. The topological polar surface area (TPSA) is 102 Å². The molecule has 0 aromatic heterocycles. The third-order valence-corrected chi connectivity index (χ3v) is 5.11. The highest BCUT2D eigenvalue weighted by Gasteiger charge is 2.29. The number of nitrogens with one attached hydrogen (secondary N) is 1. The average Bonchev–Trinajstić information content (AvgIpc) is 3.45. The van der Waals surface area contributed by atoms with Crippen molar-refractivity contribution < 1.29 is 19.2 Å². The summed E-state index contributed by atoms with van der Waals surface area (Å²) in [5.74, 6) is -0.448. The quantitative estimate of drug-likeness (QED) is 0.466. The lowest BCUT2D eigenvalue weighted by atomic mass is 9.98. The van der Waals surface area contributed by atoms with E-state index in [0.29, 0.717) is 11.6 Å². The van der Waals surface area contributed by atoms with Crippen LogP contribution in [-0.4, -0.2) is 42.0 Å². The van der Waals surface area contributed by atoms with Gasteiger partial charge in [-0.2, -0.15) is 0 Å². The molecular weight excluding hydrogens is 350 g/mol. The van der Waals surface area contributed by atoms with Crippen molar-refractivity contribution in [3.63, 3.8) is 0 Å². The molecule has 8 nitrogen and oxygen atoms in total. The molecule has 2 aliphatic rings. The summed E-state index contributed by atoms with van der Waals surface area (Å²) in [6, 6.07) is 4.40.